The van der Waals surface area contributed by atoms with Crippen LogP contribution in [-0.2, 0) is 33.6 Å². The molecule has 0 aliphatic carbocycles. The first-order chi connectivity index (χ1) is 20.8. The number of unbranched alkanes of at least 4 members (excludes halogenated alkanes) is 1. The molecule has 5 atom stereocenters. The zero-order valence-corrected chi connectivity index (χ0v) is 26.0. The van der Waals surface area contributed by atoms with Crippen LogP contribution in [0.3, 0.4) is 0 Å². The van der Waals surface area contributed by atoms with Crippen LogP contribution in [0, 0.1) is 5.92 Å². The van der Waals surface area contributed by atoms with Crippen molar-refractivity contribution in [3.63, 3.8) is 0 Å². The van der Waals surface area contributed by atoms with Gasteiger partial charge in [0.15, 0.2) is 0 Å². The van der Waals surface area contributed by atoms with Crippen LogP contribution in [-0.4, -0.2) is 108 Å². The molecule has 16 nitrogen and oxygen atoms in total. The third kappa shape index (κ3) is 14.1. The van der Waals surface area contributed by atoms with Crippen LogP contribution in [0.15, 0.2) is 0 Å². The Kier molecular flexibility index (Phi) is 17.6. The third-order valence-corrected chi connectivity index (χ3v) is 7.35. The monoisotopic (exact) mass is 626 g/mol. The molecule has 250 valence electrons. The van der Waals surface area contributed by atoms with Gasteiger partial charge in [-0.05, 0) is 57.9 Å². The molecule has 0 aromatic carbocycles. The van der Waals surface area contributed by atoms with Crippen molar-refractivity contribution in [2.75, 3.05) is 32.7 Å². The molecule has 10 N–H and O–H groups in total. The van der Waals surface area contributed by atoms with E-state index >= 15 is 0 Å². The van der Waals surface area contributed by atoms with Gasteiger partial charge in [-0.3, -0.25) is 28.8 Å². The van der Waals surface area contributed by atoms with Crippen molar-refractivity contribution >= 4 is 41.4 Å². The molecule has 0 bridgehead atoms. The predicted octanol–water partition coefficient (Wildman–Crippen LogP) is -2.32. The normalized spacial score (nSPS) is 16.3. The number of rotatable bonds is 19. The smallest absolute Gasteiger partial charge is 0.326 e. The molecule has 0 radical (unpaired) electrons. The first kappa shape index (κ1) is 38.2. The van der Waals surface area contributed by atoms with Gasteiger partial charge in [0.1, 0.15) is 18.1 Å². The average Bonchev–Trinajstić information content (AvgIpc) is 3.00. The highest BCUT2D eigenvalue weighted by atomic mass is 16.4. The van der Waals surface area contributed by atoms with Crippen LogP contribution >= 0.6 is 0 Å². The van der Waals surface area contributed by atoms with Gasteiger partial charge in [0.05, 0.1) is 25.6 Å². The van der Waals surface area contributed by atoms with Crippen LogP contribution in [0.25, 0.3) is 0 Å². The summed E-state index contributed by atoms with van der Waals surface area (Å²) in [7, 11) is 0. The highest BCUT2D eigenvalue weighted by molar-refractivity contribution is 5.96. The van der Waals surface area contributed by atoms with Crippen LogP contribution in [0.5, 0.6) is 0 Å². The van der Waals surface area contributed by atoms with Crippen molar-refractivity contribution in [1.82, 2.24) is 31.5 Å². The second-order valence-corrected chi connectivity index (χ2v) is 11.1. The van der Waals surface area contributed by atoms with Crippen molar-refractivity contribution < 1.29 is 38.7 Å². The van der Waals surface area contributed by atoms with Gasteiger partial charge in [-0.2, -0.15) is 0 Å². The molecule has 1 fully saturated rings. The second-order valence-electron chi connectivity index (χ2n) is 11.1. The maximum atomic E-state index is 13.3. The molecule has 16 heteroatoms. The van der Waals surface area contributed by atoms with Crippen molar-refractivity contribution in [3.05, 3.63) is 0 Å². The van der Waals surface area contributed by atoms with Crippen LogP contribution in [0.1, 0.15) is 72.1 Å². The molecule has 0 aromatic rings. The number of nitrogens with two attached hydrogens (primary N) is 2. The molecule has 44 heavy (non-hydrogen) atoms. The Morgan fingerprint density at radius 3 is 1.95 bits per heavy atom. The van der Waals surface area contributed by atoms with Gasteiger partial charge in [-0.1, -0.05) is 20.3 Å². The first-order valence-electron chi connectivity index (χ1n) is 15.2. The number of carbonyl (C=O) groups is 7. The number of amides is 6. The quantitative estimate of drug-likeness (QED) is 0.0710. The third-order valence-electron chi connectivity index (χ3n) is 7.35. The molecular weight excluding hydrogens is 576 g/mol. The van der Waals surface area contributed by atoms with E-state index in [1.54, 1.807) is 18.7 Å². The molecule has 1 aliphatic heterocycles. The lowest BCUT2D eigenvalue weighted by Gasteiger charge is -2.31. The van der Waals surface area contributed by atoms with Gasteiger partial charge < -0.3 is 48.1 Å². The predicted molar refractivity (Wildman–Crippen MR) is 161 cm³/mol. The van der Waals surface area contributed by atoms with E-state index < -0.39 is 85.1 Å². The fraction of sp³-hybridized carbons (Fsp3) is 0.750. The summed E-state index contributed by atoms with van der Waals surface area (Å²) in [5.41, 5.74) is 11.2. The van der Waals surface area contributed by atoms with E-state index in [2.05, 4.69) is 26.6 Å². The molecule has 5 unspecified atom stereocenters. The summed E-state index contributed by atoms with van der Waals surface area (Å²) in [5, 5.41) is 21.5. The summed E-state index contributed by atoms with van der Waals surface area (Å²) in [5.74, 6) is -5.30. The highest BCUT2D eigenvalue weighted by Crippen LogP contribution is 2.12. The number of nitrogens with zero attached hydrogens (tertiary/aromatic N) is 1. The van der Waals surface area contributed by atoms with E-state index in [1.165, 1.54) is 6.92 Å². The molecule has 0 aromatic heterocycles. The number of nitrogens with one attached hydrogen (secondary N) is 5. The lowest BCUT2D eigenvalue weighted by atomic mass is 9.99. The summed E-state index contributed by atoms with van der Waals surface area (Å²) < 4.78 is 0. The van der Waals surface area contributed by atoms with Gasteiger partial charge in [0, 0.05) is 13.1 Å². The standard InChI is InChI=1S/C28H50N8O8/c1-4-17(2)24(28(43)44)35-23(39)16-32-22(38)15-31-21(37)14-20(27(42)36-12-8-5-9-13-36)34-26(41)19(10-6-7-11-29)33-25(40)18(3)30/h17-20,24H,4-16,29-30H2,1-3H3,(H,31,37)(H,32,38)(H,33,40)(H,34,41)(H,35,39)(H,43,44). The summed E-state index contributed by atoms with van der Waals surface area (Å²) in [6.45, 7) is 5.25. The molecule has 0 spiro atoms. The number of aliphatic carboxylic acids is 1. The number of piperidine rings is 1. The van der Waals surface area contributed by atoms with Crippen LogP contribution in [0.2, 0.25) is 0 Å². The average molecular weight is 627 g/mol. The number of hydrogen-bond donors (Lipinski definition) is 8. The fourth-order valence-corrected chi connectivity index (χ4v) is 4.46. The Labute approximate surface area is 258 Å². The van der Waals surface area contributed by atoms with Crippen molar-refractivity contribution in [2.45, 2.75) is 96.3 Å². The van der Waals surface area contributed by atoms with E-state index in [0.717, 1.165) is 19.3 Å². The number of carboxylic acids is 1. The Bertz CT molecular complexity index is 1000. The zero-order chi connectivity index (χ0) is 33.2. The Hall–Kier alpha value is -3.79. The van der Waals surface area contributed by atoms with Crippen molar-refractivity contribution in [3.8, 4) is 0 Å². The molecule has 1 rings (SSSR count). The lowest BCUT2D eigenvalue weighted by molar-refractivity contribution is -0.143. The minimum atomic E-state index is -1.26. The zero-order valence-electron chi connectivity index (χ0n) is 26.0. The number of carboxylic acid groups (broad SMARTS) is 1. The Morgan fingerprint density at radius 2 is 1.39 bits per heavy atom. The number of hydrogen-bond acceptors (Lipinski definition) is 9. The van der Waals surface area contributed by atoms with Crippen LogP contribution < -0.4 is 38.1 Å². The second kappa shape index (κ2) is 20.2. The molecule has 1 heterocycles. The Balaban J connectivity index is 2.83. The summed E-state index contributed by atoms with van der Waals surface area (Å²) in [6.07, 6.45) is 3.95. The van der Waals surface area contributed by atoms with E-state index in [4.69, 9.17) is 11.5 Å². The summed E-state index contributed by atoms with van der Waals surface area (Å²) in [4.78, 5) is 89.0. The number of likely N-dealkylation sites (tertiary alicyclic amines) is 1. The first-order valence-corrected chi connectivity index (χ1v) is 15.2. The highest BCUT2D eigenvalue weighted by Gasteiger charge is 2.32. The van der Waals surface area contributed by atoms with E-state index in [0.29, 0.717) is 38.9 Å². The van der Waals surface area contributed by atoms with E-state index in [1.807, 2.05) is 0 Å². The van der Waals surface area contributed by atoms with Crippen molar-refractivity contribution in [2.24, 2.45) is 17.4 Å². The van der Waals surface area contributed by atoms with Crippen LogP contribution in [0.4, 0.5) is 0 Å². The SMILES string of the molecule is CCC(C)C(NC(=O)CNC(=O)CNC(=O)CC(NC(=O)C(CCCCN)NC(=O)C(C)N)C(=O)N1CCCCC1)C(=O)O. The van der Waals surface area contributed by atoms with Gasteiger partial charge in [0.25, 0.3) is 0 Å². The molecule has 1 aliphatic rings. The fourth-order valence-electron chi connectivity index (χ4n) is 4.46. The van der Waals surface area contributed by atoms with Gasteiger partial charge in [-0.15, -0.1) is 0 Å². The van der Waals surface area contributed by atoms with Gasteiger partial charge >= 0.3 is 5.97 Å². The Morgan fingerprint density at radius 1 is 0.795 bits per heavy atom. The molecule has 0 saturated carbocycles. The van der Waals surface area contributed by atoms with Gasteiger partial charge in [0.2, 0.25) is 35.4 Å². The lowest BCUT2D eigenvalue weighted by Crippen LogP contribution is -2.57. The molecular formula is C28H50N8O8. The minimum absolute atomic E-state index is 0.247. The van der Waals surface area contributed by atoms with Gasteiger partial charge in [-0.25, -0.2) is 4.79 Å². The summed E-state index contributed by atoms with van der Waals surface area (Å²) in [6, 6.07) is -4.24. The summed E-state index contributed by atoms with van der Waals surface area (Å²) >= 11 is 0. The maximum Gasteiger partial charge on any atom is 0.326 e. The molecule has 6 amide bonds. The topological polar surface area (TPSA) is 255 Å². The maximum absolute atomic E-state index is 13.3. The largest absolute Gasteiger partial charge is 0.480 e. The van der Waals surface area contributed by atoms with E-state index in [9.17, 15) is 38.7 Å². The van der Waals surface area contributed by atoms with Crippen molar-refractivity contribution in [1.29, 1.82) is 0 Å². The van der Waals surface area contributed by atoms with E-state index in [-0.39, 0.29) is 12.3 Å². The number of carbonyl (C=O) groups excluding carboxylic acids is 6. The minimum Gasteiger partial charge on any atom is -0.480 e. The molecule has 1 saturated heterocycles.